The van der Waals surface area contributed by atoms with Crippen molar-refractivity contribution < 1.29 is 0 Å². The number of fused-ring (bicyclic) bond motifs is 1. The van der Waals surface area contributed by atoms with Crippen LogP contribution in [0.15, 0.2) is 6.07 Å². The smallest absolute Gasteiger partial charge is 0.0415 e. The number of thiophene rings is 1. The summed E-state index contributed by atoms with van der Waals surface area (Å²) in [5.74, 6) is 3.34. The number of aryl methyl sites for hydroxylation is 1. The van der Waals surface area contributed by atoms with Crippen LogP contribution in [0.3, 0.4) is 0 Å². The highest BCUT2D eigenvalue weighted by molar-refractivity contribution is 7.98. The van der Waals surface area contributed by atoms with Crippen molar-refractivity contribution in [2.24, 2.45) is 5.92 Å². The third kappa shape index (κ3) is 3.27. The summed E-state index contributed by atoms with van der Waals surface area (Å²) < 4.78 is 0. The predicted molar refractivity (Wildman–Crippen MR) is 80.1 cm³/mol. The van der Waals surface area contributed by atoms with Crippen LogP contribution >= 0.6 is 23.1 Å². The Hall–Kier alpha value is 0.01000. The second-order valence-electron chi connectivity index (χ2n) is 4.99. The first kappa shape index (κ1) is 13.4. The molecule has 0 amide bonds. The molecule has 1 aromatic rings. The summed E-state index contributed by atoms with van der Waals surface area (Å²) >= 11 is 4.12. The second-order valence-corrected chi connectivity index (χ2v) is 7.26. The van der Waals surface area contributed by atoms with Gasteiger partial charge < -0.3 is 5.32 Å². The van der Waals surface area contributed by atoms with Gasteiger partial charge in [-0.25, -0.2) is 0 Å². The molecule has 0 radical (unpaired) electrons. The van der Waals surface area contributed by atoms with Gasteiger partial charge >= 0.3 is 0 Å². The lowest BCUT2D eigenvalue weighted by Crippen LogP contribution is -2.17. The van der Waals surface area contributed by atoms with Crippen molar-refractivity contribution in [2.45, 2.75) is 44.9 Å². The van der Waals surface area contributed by atoms with Gasteiger partial charge in [0, 0.05) is 21.5 Å². The molecule has 0 spiro atoms. The second kappa shape index (κ2) is 6.26. The first-order valence-electron chi connectivity index (χ1n) is 6.61. The minimum atomic E-state index is 0.561. The summed E-state index contributed by atoms with van der Waals surface area (Å²) in [7, 11) is 2.10. The number of nitrogens with one attached hydrogen (secondary N) is 1. The van der Waals surface area contributed by atoms with Crippen LogP contribution in [0.4, 0.5) is 0 Å². The van der Waals surface area contributed by atoms with Gasteiger partial charge in [-0.2, -0.15) is 11.8 Å². The Morgan fingerprint density at radius 3 is 2.94 bits per heavy atom. The van der Waals surface area contributed by atoms with Gasteiger partial charge in [-0.1, -0.05) is 20.3 Å². The molecule has 1 aliphatic rings. The maximum Gasteiger partial charge on any atom is 0.0415 e. The Labute approximate surface area is 113 Å². The van der Waals surface area contributed by atoms with E-state index in [2.05, 4.69) is 44.0 Å². The average molecular weight is 269 g/mol. The molecule has 1 N–H and O–H groups in total. The highest BCUT2D eigenvalue weighted by atomic mass is 32.2. The summed E-state index contributed by atoms with van der Waals surface area (Å²) in [6, 6.07) is 3.01. The van der Waals surface area contributed by atoms with E-state index in [1.165, 1.54) is 30.8 Å². The van der Waals surface area contributed by atoms with Crippen molar-refractivity contribution >= 4 is 23.1 Å². The zero-order valence-corrected chi connectivity index (χ0v) is 12.7. The van der Waals surface area contributed by atoms with Crippen molar-refractivity contribution in [2.75, 3.05) is 12.8 Å². The zero-order valence-electron chi connectivity index (χ0n) is 11.1. The summed E-state index contributed by atoms with van der Waals surface area (Å²) in [4.78, 5) is 3.20. The van der Waals surface area contributed by atoms with Crippen LogP contribution in [0.25, 0.3) is 0 Å². The van der Waals surface area contributed by atoms with Crippen molar-refractivity contribution in [1.29, 1.82) is 0 Å². The lowest BCUT2D eigenvalue weighted by atomic mass is 9.98. The van der Waals surface area contributed by atoms with Crippen molar-refractivity contribution in [3.8, 4) is 0 Å². The van der Waals surface area contributed by atoms with Crippen LogP contribution in [0.2, 0.25) is 0 Å². The topological polar surface area (TPSA) is 12.0 Å². The third-order valence-corrected chi connectivity index (χ3v) is 6.03. The van der Waals surface area contributed by atoms with Gasteiger partial charge in [-0.15, -0.1) is 11.3 Å². The van der Waals surface area contributed by atoms with E-state index in [1.54, 1.807) is 15.3 Å². The Morgan fingerprint density at radius 2 is 2.29 bits per heavy atom. The minimum Gasteiger partial charge on any atom is -0.312 e. The van der Waals surface area contributed by atoms with E-state index in [1.807, 2.05) is 11.3 Å². The molecule has 1 nitrogen and oxygen atoms in total. The number of hydrogen-bond acceptors (Lipinski definition) is 3. The molecule has 2 rings (SSSR count). The van der Waals surface area contributed by atoms with Crippen molar-refractivity contribution in [3.05, 3.63) is 21.4 Å². The minimum absolute atomic E-state index is 0.561. The molecule has 2 unspecified atom stereocenters. The molecule has 0 saturated carbocycles. The van der Waals surface area contributed by atoms with Gasteiger partial charge in [0.2, 0.25) is 0 Å². The van der Waals surface area contributed by atoms with Crippen molar-refractivity contribution in [3.63, 3.8) is 0 Å². The first-order valence-corrected chi connectivity index (χ1v) is 8.58. The lowest BCUT2D eigenvalue weighted by molar-refractivity contribution is 0.426. The van der Waals surface area contributed by atoms with E-state index in [-0.39, 0.29) is 0 Å². The molecular formula is C14H23NS2. The lowest BCUT2D eigenvalue weighted by Gasteiger charge is -2.18. The molecule has 2 heterocycles. The van der Waals surface area contributed by atoms with E-state index >= 15 is 0 Å². The van der Waals surface area contributed by atoms with Crippen LogP contribution in [0, 0.1) is 5.92 Å². The van der Waals surface area contributed by atoms with Crippen LogP contribution in [0.1, 0.15) is 48.0 Å². The van der Waals surface area contributed by atoms with Crippen molar-refractivity contribution in [1.82, 2.24) is 5.32 Å². The standard InChI is InChI=1S/C14H23NS2/c1-4-10(2)7-12(15-3)14-8-11-9-16-6-5-13(11)17-14/h8,10,12,15H,4-7,9H2,1-3H3. The molecule has 0 aromatic carbocycles. The molecule has 96 valence electrons. The normalized spacial score (nSPS) is 18.8. The Kier molecular flexibility index (Phi) is 4.95. The van der Waals surface area contributed by atoms with Crippen LogP contribution in [-0.4, -0.2) is 12.8 Å². The molecule has 17 heavy (non-hydrogen) atoms. The van der Waals surface area contributed by atoms with Gasteiger partial charge in [-0.3, -0.25) is 0 Å². The van der Waals surface area contributed by atoms with E-state index in [4.69, 9.17) is 0 Å². The predicted octanol–water partition coefficient (Wildman–Crippen LogP) is 4.23. The highest BCUT2D eigenvalue weighted by Crippen LogP contribution is 2.36. The summed E-state index contributed by atoms with van der Waals surface area (Å²) in [6.07, 6.45) is 3.82. The molecule has 0 saturated heterocycles. The largest absolute Gasteiger partial charge is 0.312 e. The molecular weight excluding hydrogens is 246 g/mol. The Bertz CT molecular complexity index is 336. The summed E-state index contributed by atoms with van der Waals surface area (Å²) in [6.45, 7) is 4.64. The highest BCUT2D eigenvalue weighted by Gasteiger charge is 2.19. The van der Waals surface area contributed by atoms with E-state index in [0.717, 1.165) is 5.92 Å². The van der Waals surface area contributed by atoms with Gasteiger partial charge in [0.1, 0.15) is 0 Å². The van der Waals surface area contributed by atoms with E-state index in [9.17, 15) is 0 Å². The first-order chi connectivity index (χ1) is 8.24. The zero-order chi connectivity index (χ0) is 12.3. The molecule has 1 aromatic heterocycles. The summed E-state index contributed by atoms with van der Waals surface area (Å²) in [5.41, 5.74) is 1.60. The maximum atomic E-state index is 3.50. The van der Waals surface area contributed by atoms with Gasteiger partial charge in [-0.05, 0) is 43.2 Å². The maximum absolute atomic E-state index is 3.50. The third-order valence-electron chi connectivity index (χ3n) is 3.67. The fourth-order valence-electron chi connectivity index (χ4n) is 2.29. The SMILES string of the molecule is CCC(C)CC(NC)c1cc2c(s1)CCSC2. The fraction of sp³-hybridized carbons (Fsp3) is 0.714. The molecule has 0 bridgehead atoms. The molecule has 0 aliphatic carbocycles. The van der Waals surface area contributed by atoms with Crippen LogP contribution < -0.4 is 5.32 Å². The fourth-order valence-corrected chi connectivity index (χ4v) is 4.79. The van der Waals surface area contributed by atoms with Gasteiger partial charge in [0.15, 0.2) is 0 Å². The van der Waals surface area contributed by atoms with Crippen LogP contribution in [-0.2, 0) is 12.2 Å². The van der Waals surface area contributed by atoms with E-state index < -0.39 is 0 Å². The quantitative estimate of drug-likeness (QED) is 0.858. The number of thioether (sulfide) groups is 1. The molecule has 2 atom stereocenters. The molecule has 1 aliphatic heterocycles. The summed E-state index contributed by atoms with van der Waals surface area (Å²) in [5, 5.41) is 3.50. The van der Waals surface area contributed by atoms with Crippen LogP contribution in [0.5, 0.6) is 0 Å². The Morgan fingerprint density at radius 1 is 1.47 bits per heavy atom. The van der Waals surface area contributed by atoms with Gasteiger partial charge in [0.25, 0.3) is 0 Å². The number of hydrogen-bond donors (Lipinski definition) is 1. The van der Waals surface area contributed by atoms with Gasteiger partial charge in [0.05, 0.1) is 0 Å². The molecule has 0 fully saturated rings. The molecule has 3 heteroatoms. The van der Waals surface area contributed by atoms with E-state index in [0.29, 0.717) is 6.04 Å². The average Bonchev–Trinajstić information content (AvgIpc) is 2.78. The number of rotatable bonds is 5. The monoisotopic (exact) mass is 269 g/mol. The Balaban J connectivity index is 2.10.